The predicted molar refractivity (Wildman–Crippen MR) is 68.8 cm³/mol. The molecular weight excluding hydrogens is 329 g/mol. The average molecular weight is 338 g/mol. The van der Waals surface area contributed by atoms with Gasteiger partial charge in [0.1, 0.15) is 0 Å². The van der Waals surface area contributed by atoms with Crippen molar-refractivity contribution in [3.8, 4) is 6.01 Å². The summed E-state index contributed by atoms with van der Waals surface area (Å²) in [5, 5.41) is 0. The van der Waals surface area contributed by atoms with Gasteiger partial charge in [0.2, 0.25) is 14.2 Å². The zero-order chi connectivity index (χ0) is 15.7. The molecular formula is C11H9F3N2O3S2. The number of nitrogens with zero attached hydrogens (tertiary/aromatic N) is 2. The minimum atomic E-state index is -4.52. The lowest BCUT2D eigenvalue weighted by Gasteiger charge is -2.08. The molecule has 0 aliphatic rings. The third-order valence-corrected chi connectivity index (χ3v) is 5.27. The van der Waals surface area contributed by atoms with Crippen molar-refractivity contribution < 1.29 is 26.3 Å². The Hall–Kier alpha value is -1.68. The minimum absolute atomic E-state index is 0.0268. The Bertz CT molecular complexity index is 741. The summed E-state index contributed by atoms with van der Waals surface area (Å²) in [5.74, 6) is -0.588. The zero-order valence-corrected chi connectivity index (χ0v) is 12.2. The number of benzene rings is 1. The highest BCUT2D eigenvalue weighted by Gasteiger charge is 2.31. The van der Waals surface area contributed by atoms with E-state index in [0.717, 1.165) is 18.2 Å². The molecule has 1 heterocycles. The van der Waals surface area contributed by atoms with Crippen molar-refractivity contribution >= 4 is 21.4 Å². The molecule has 114 valence electrons. The van der Waals surface area contributed by atoms with Gasteiger partial charge in [0.15, 0.2) is 0 Å². The van der Waals surface area contributed by atoms with Crippen LogP contribution < -0.4 is 4.74 Å². The summed E-state index contributed by atoms with van der Waals surface area (Å²) in [6, 6.07) is 4.06. The molecule has 10 heteroatoms. The summed E-state index contributed by atoms with van der Waals surface area (Å²) < 4.78 is 69.9. The average Bonchev–Trinajstić information content (AvgIpc) is 2.87. The maximum absolute atomic E-state index is 12.6. The highest BCUT2D eigenvalue weighted by molar-refractivity contribution is 7.92. The van der Waals surface area contributed by atoms with Crippen molar-refractivity contribution in [2.45, 2.75) is 16.3 Å². The Kier molecular flexibility index (Phi) is 4.19. The van der Waals surface area contributed by atoms with Crippen molar-refractivity contribution in [3.63, 3.8) is 0 Å². The van der Waals surface area contributed by atoms with Crippen LogP contribution in [0.5, 0.6) is 6.01 Å². The molecule has 0 N–H and O–H groups in total. The normalized spacial score (nSPS) is 12.4. The first kappa shape index (κ1) is 15.7. The van der Waals surface area contributed by atoms with Crippen molar-refractivity contribution in [1.29, 1.82) is 0 Å². The standard InChI is InChI=1S/C11H9F3N2O3S2/c1-19-9-15-10(20-16-9)21(17,18)6-7-3-2-4-8(5-7)11(12,13)14/h2-5H,6H2,1H3. The second-order valence-corrected chi connectivity index (χ2v) is 6.92. The number of sulfone groups is 1. The van der Waals surface area contributed by atoms with E-state index in [2.05, 4.69) is 14.1 Å². The largest absolute Gasteiger partial charge is 0.466 e. The van der Waals surface area contributed by atoms with Crippen LogP contribution in [0.4, 0.5) is 13.2 Å². The fourth-order valence-electron chi connectivity index (χ4n) is 1.52. The predicted octanol–water partition coefficient (Wildman–Crippen LogP) is 2.54. The molecule has 0 bridgehead atoms. The summed E-state index contributed by atoms with van der Waals surface area (Å²) in [6.45, 7) is 0. The van der Waals surface area contributed by atoms with E-state index in [1.165, 1.54) is 13.2 Å². The summed E-state index contributed by atoms with van der Waals surface area (Å²) in [5.41, 5.74) is -0.871. The van der Waals surface area contributed by atoms with E-state index in [4.69, 9.17) is 0 Å². The summed E-state index contributed by atoms with van der Waals surface area (Å²) in [7, 11) is -2.58. The fraction of sp³-hybridized carbons (Fsp3) is 0.273. The minimum Gasteiger partial charge on any atom is -0.466 e. The smallest absolute Gasteiger partial charge is 0.416 e. The van der Waals surface area contributed by atoms with Crippen LogP contribution in [-0.2, 0) is 21.8 Å². The lowest BCUT2D eigenvalue weighted by Crippen LogP contribution is -2.08. The van der Waals surface area contributed by atoms with Gasteiger partial charge in [-0.25, -0.2) is 8.42 Å². The molecule has 2 aromatic rings. The molecule has 0 radical (unpaired) electrons. The van der Waals surface area contributed by atoms with Gasteiger partial charge >= 0.3 is 12.2 Å². The number of halogens is 3. The van der Waals surface area contributed by atoms with Gasteiger partial charge in [-0.05, 0) is 11.6 Å². The number of ether oxygens (including phenoxy) is 1. The van der Waals surface area contributed by atoms with E-state index in [1.807, 2.05) is 0 Å². The summed E-state index contributed by atoms with van der Waals surface area (Å²) in [6.07, 6.45) is -4.52. The molecule has 0 fully saturated rings. The molecule has 0 atom stereocenters. The van der Waals surface area contributed by atoms with Crippen LogP contribution >= 0.6 is 11.5 Å². The molecule has 0 unspecified atom stereocenters. The third kappa shape index (κ3) is 3.70. The van der Waals surface area contributed by atoms with Crippen LogP contribution in [0.15, 0.2) is 28.6 Å². The summed E-state index contributed by atoms with van der Waals surface area (Å²) >= 11 is 0.614. The van der Waals surface area contributed by atoms with Gasteiger partial charge in [-0.3, -0.25) is 0 Å². The van der Waals surface area contributed by atoms with Gasteiger partial charge in [0.05, 0.1) is 18.4 Å². The van der Waals surface area contributed by atoms with E-state index in [1.54, 1.807) is 0 Å². The first-order valence-electron chi connectivity index (χ1n) is 5.49. The van der Waals surface area contributed by atoms with Crippen LogP contribution in [0.3, 0.4) is 0 Å². The topological polar surface area (TPSA) is 69.2 Å². The third-order valence-electron chi connectivity index (χ3n) is 2.45. The van der Waals surface area contributed by atoms with Crippen LogP contribution in [0, 0.1) is 0 Å². The Balaban J connectivity index is 2.28. The first-order valence-corrected chi connectivity index (χ1v) is 7.91. The Morgan fingerprint density at radius 2 is 2.05 bits per heavy atom. The lowest BCUT2D eigenvalue weighted by atomic mass is 10.1. The molecule has 0 aliphatic carbocycles. The van der Waals surface area contributed by atoms with Crippen molar-refractivity contribution in [1.82, 2.24) is 9.36 Å². The van der Waals surface area contributed by atoms with Crippen molar-refractivity contribution in [3.05, 3.63) is 35.4 Å². The zero-order valence-electron chi connectivity index (χ0n) is 10.6. The second kappa shape index (κ2) is 5.60. The number of hydrogen-bond donors (Lipinski definition) is 0. The fourth-order valence-corrected chi connectivity index (χ4v) is 3.62. The van der Waals surface area contributed by atoms with Crippen LogP contribution in [0.2, 0.25) is 0 Å². The van der Waals surface area contributed by atoms with Gasteiger partial charge in [-0.1, -0.05) is 18.2 Å². The lowest BCUT2D eigenvalue weighted by molar-refractivity contribution is -0.137. The number of rotatable bonds is 4. The molecule has 21 heavy (non-hydrogen) atoms. The van der Waals surface area contributed by atoms with Crippen molar-refractivity contribution in [2.24, 2.45) is 0 Å². The number of methoxy groups -OCH3 is 1. The first-order chi connectivity index (χ1) is 9.72. The summed E-state index contributed by atoms with van der Waals surface area (Å²) in [4.78, 5) is 3.64. The molecule has 0 saturated carbocycles. The molecule has 1 aromatic carbocycles. The molecule has 1 aromatic heterocycles. The van der Waals surface area contributed by atoms with E-state index in [-0.39, 0.29) is 15.9 Å². The second-order valence-electron chi connectivity index (χ2n) is 4.00. The monoisotopic (exact) mass is 338 g/mol. The van der Waals surface area contributed by atoms with Gasteiger partial charge in [0.25, 0.3) is 0 Å². The molecule has 0 spiro atoms. The maximum Gasteiger partial charge on any atom is 0.416 e. The van der Waals surface area contributed by atoms with Crippen molar-refractivity contribution in [2.75, 3.05) is 7.11 Å². The van der Waals surface area contributed by atoms with Gasteiger partial charge in [-0.2, -0.15) is 18.2 Å². The van der Waals surface area contributed by atoms with Gasteiger partial charge < -0.3 is 4.74 Å². The number of hydrogen-bond acceptors (Lipinski definition) is 6. The van der Waals surface area contributed by atoms with Crippen LogP contribution in [-0.4, -0.2) is 24.9 Å². The van der Waals surface area contributed by atoms with E-state index < -0.39 is 27.3 Å². The van der Waals surface area contributed by atoms with E-state index in [9.17, 15) is 21.6 Å². The molecule has 0 aliphatic heterocycles. The number of alkyl halides is 3. The van der Waals surface area contributed by atoms with E-state index >= 15 is 0 Å². The van der Waals surface area contributed by atoms with E-state index in [0.29, 0.717) is 11.5 Å². The van der Waals surface area contributed by atoms with Gasteiger partial charge in [0, 0.05) is 11.5 Å². The van der Waals surface area contributed by atoms with Crippen LogP contribution in [0.1, 0.15) is 11.1 Å². The molecule has 5 nitrogen and oxygen atoms in total. The Labute approximate surface area is 122 Å². The SMILES string of the molecule is COc1nsc(S(=O)(=O)Cc2cccc(C(F)(F)F)c2)n1. The Morgan fingerprint density at radius 3 is 2.62 bits per heavy atom. The van der Waals surface area contributed by atoms with Gasteiger partial charge in [-0.15, -0.1) is 4.37 Å². The maximum atomic E-state index is 12.6. The molecule has 0 saturated heterocycles. The number of aromatic nitrogens is 2. The Morgan fingerprint density at radius 1 is 1.33 bits per heavy atom. The highest BCUT2D eigenvalue weighted by atomic mass is 32.2. The molecule has 2 rings (SSSR count). The van der Waals surface area contributed by atoms with Crippen LogP contribution in [0.25, 0.3) is 0 Å². The quantitative estimate of drug-likeness (QED) is 0.857. The molecule has 0 amide bonds. The highest BCUT2D eigenvalue weighted by Crippen LogP contribution is 2.30.